The quantitative estimate of drug-likeness (QED) is 0.557. The Morgan fingerprint density at radius 3 is 2.41 bits per heavy atom. The fourth-order valence-electron chi connectivity index (χ4n) is 4.57. The molecule has 37 heavy (non-hydrogen) atoms. The van der Waals surface area contributed by atoms with Gasteiger partial charge in [-0.15, -0.1) is 0 Å². The molecule has 10 heteroatoms. The molecule has 0 radical (unpaired) electrons. The molecule has 4 rings (SSSR count). The van der Waals surface area contributed by atoms with Crippen LogP contribution in [-0.4, -0.2) is 86.1 Å². The maximum Gasteiger partial charge on any atom is 0.338 e. The van der Waals surface area contributed by atoms with E-state index < -0.39 is 12.0 Å². The normalized spacial score (nSPS) is 18.5. The predicted molar refractivity (Wildman–Crippen MR) is 139 cm³/mol. The molecule has 0 bridgehead atoms. The van der Waals surface area contributed by atoms with Crippen LogP contribution in [-0.2, 0) is 9.53 Å². The fraction of sp³-hybridized carbons (Fsp3) is 0.370. The molecule has 0 saturated carbocycles. The van der Waals surface area contributed by atoms with E-state index in [2.05, 4.69) is 10.2 Å². The Morgan fingerprint density at radius 2 is 1.78 bits per heavy atom. The number of halogens is 1. The van der Waals surface area contributed by atoms with E-state index in [1.807, 2.05) is 11.0 Å². The number of hydrogen-bond donors (Lipinski definition) is 1. The molecule has 2 aromatic carbocycles. The zero-order valence-electron chi connectivity index (χ0n) is 21.2. The van der Waals surface area contributed by atoms with Gasteiger partial charge in [-0.3, -0.25) is 14.6 Å². The van der Waals surface area contributed by atoms with Crippen molar-refractivity contribution in [3.8, 4) is 5.75 Å². The predicted octanol–water partition coefficient (Wildman–Crippen LogP) is 3.32. The van der Waals surface area contributed by atoms with E-state index >= 15 is 0 Å². The van der Waals surface area contributed by atoms with Crippen molar-refractivity contribution < 1.29 is 23.9 Å². The molecular formula is C27H31ClN4O5. The number of likely N-dealkylation sites (N-methyl/N-ethyl adjacent to an activating group) is 1. The zero-order chi connectivity index (χ0) is 26.5. The maximum atomic E-state index is 13.1. The van der Waals surface area contributed by atoms with Crippen LogP contribution in [0, 0.1) is 0 Å². The van der Waals surface area contributed by atoms with Gasteiger partial charge in [0.05, 0.1) is 25.3 Å². The van der Waals surface area contributed by atoms with E-state index in [-0.39, 0.29) is 18.5 Å². The minimum atomic E-state index is -0.686. The zero-order valence-corrected chi connectivity index (χ0v) is 22.0. The van der Waals surface area contributed by atoms with Crippen LogP contribution in [0.2, 0.25) is 5.02 Å². The lowest BCUT2D eigenvalue weighted by Gasteiger charge is -2.39. The second kappa shape index (κ2) is 11.7. The highest BCUT2D eigenvalue weighted by molar-refractivity contribution is 6.30. The van der Waals surface area contributed by atoms with Crippen LogP contribution < -0.4 is 10.1 Å². The molecule has 1 fully saturated rings. The minimum absolute atomic E-state index is 0.0380. The van der Waals surface area contributed by atoms with E-state index in [0.717, 1.165) is 0 Å². The number of amides is 3. The first-order valence-electron chi connectivity index (χ1n) is 12.2. The molecule has 1 N–H and O–H groups in total. The summed E-state index contributed by atoms with van der Waals surface area (Å²) in [6, 6.07) is 13.1. The van der Waals surface area contributed by atoms with Crippen LogP contribution >= 0.6 is 11.6 Å². The molecule has 2 aromatic rings. The summed E-state index contributed by atoms with van der Waals surface area (Å²) in [5.74, 6) is 0.176. The van der Waals surface area contributed by atoms with Crippen LogP contribution in [0.3, 0.4) is 0 Å². The maximum absolute atomic E-state index is 13.1. The highest BCUT2D eigenvalue weighted by Crippen LogP contribution is 2.32. The number of piperazine rings is 1. The summed E-state index contributed by atoms with van der Waals surface area (Å²) in [6.45, 7) is 4.57. The number of ether oxygens (including phenoxy) is 2. The molecule has 0 aromatic heterocycles. The van der Waals surface area contributed by atoms with Gasteiger partial charge in [-0.2, -0.15) is 0 Å². The fourth-order valence-corrected chi connectivity index (χ4v) is 4.77. The third-order valence-electron chi connectivity index (χ3n) is 6.62. The first-order chi connectivity index (χ1) is 17.8. The molecule has 0 spiro atoms. The van der Waals surface area contributed by atoms with Crippen molar-refractivity contribution in [2.24, 2.45) is 0 Å². The van der Waals surface area contributed by atoms with Gasteiger partial charge in [0.15, 0.2) is 0 Å². The van der Waals surface area contributed by atoms with Gasteiger partial charge in [0, 0.05) is 56.1 Å². The minimum Gasteiger partial charge on any atom is -0.497 e. The molecule has 1 atom stereocenters. The molecule has 2 heterocycles. The summed E-state index contributed by atoms with van der Waals surface area (Å²) in [5, 5.41) is 3.41. The number of carbonyl (C=O) groups is 3. The van der Waals surface area contributed by atoms with Crippen molar-refractivity contribution in [1.29, 1.82) is 0 Å². The second-order valence-corrected chi connectivity index (χ2v) is 9.31. The van der Waals surface area contributed by atoms with E-state index in [9.17, 15) is 14.4 Å². The number of hydrogen-bond acceptors (Lipinski definition) is 6. The molecule has 0 aliphatic carbocycles. The topological polar surface area (TPSA) is 91.4 Å². The van der Waals surface area contributed by atoms with Gasteiger partial charge < -0.3 is 19.7 Å². The number of nitrogens with zero attached hydrogens (tertiary/aromatic N) is 3. The van der Waals surface area contributed by atoms with E-state index in [0.29, 0.717) is 65.9 Å². The van der Waals surface area contributed by atoms with Gasteiger partial charge >= 0.3 is 12.0 Å². The average Bonchev–Trinajstić information content (AvgIpc) is 2.91. The number of esters is 1. The van der Waals surface area contributed by atoms with Gasteiger partial charge in [-0.1, -0.05) is 23.7 Å². The summed E-state index contributed by atoms with van der Waals surface area (Å²) >= 11 is 6.21. The lowest BCUT2D eigenvalue weighted by molar-refractivity contribution is -0.139. The summed E-state index contributed by atoms with van der Waals surface area (Å²) in [7, 11) is 3.23. The molecule has 2 aliphatic heterocycles. The summed E-state index contributed by atoms with van der Waals surface area (Å²) in [4.78, 5) is 44.4. The van der Waals surface area contributed by atoms with Crippen molar-refractivity contribution in [1.82, 2.24) is 20.0 Å². The monoisotopic (exact) mass is 526 g/mol. The molecule has 9 nitrogen and oxygen atoms in total. The van der Waals surface area contributed by atoms with E-state index in [1.54, 1.807) is 63.5 Å². The van der Waals surface area contributed by atoms with Crippen molar-refractivity contribution in [2.45, 2.75) is 13.0 Å². The standard InChI is InChI=1S/C27H31ClN4O5/c1-4-37-26(34)23-22(30(2)27(35)29-24(23)19-6-5-7-20(28)16-19)17-31-12-14-32(15-13-31)25(33)18-8-10-21(36-3)11-9-18/h5-11,16,24H,4,12-15,17H2,1-3H3,(H,29,35)/t24-/m1/s1. The Morgan fingerprint density at radius 1 is 1.08 bits per heavy atom. The highest BCUT2D eigenvalue weighted by Gasteiger charge is 2.38. The Kier molecular flexibility index (Phi) is 8.35. The molecular weight excluding hydrogens is 496 g/mol. The van der Waals surface area contributed by atoms with Crippen LogP contribution in [0.5, 0.6) is 5.75 Å². The first-order valence-corrected chi connectivity index (χ1v) is 12.6. The number of benzene rings is 2. The average molecular weight is 527 g/mol. The van der Waals surface area contributed by atoms with E-state index in [4.69, 9.17) is 21.1 Å². The van der Waals surface area contributed by atoms with Crippen LogP contribution in [0.4, 0.5) is 4.79 Å². The Hall–Kier alpha value is -3.56. The third-order valence-corrected chi connectivity index (χ3v) is 6.86. The number of urea groups is 1. The van der Waals surface area contributed by atoms with Crippen LogP contribution in [0.15, 0.2) is 59.8 Å². The second-order valence-electron chi connectivity index (χ2n) is 8.87. The largest absolute Gasteiger partial charge is 0.497 e. The number of rotatable bonds is 7. The summed E-state index contributed by atoms with van der Waals surface area (Å²) in [6.07, 6.45) is 0. The van der Waals surface area contributed by atoms with Crippen molar-refractivity contribution >= 4 is 29.5 Å². The van der Waals surface area contributed by atoms with Gasteiger partial charge in [-0.05, 0) is 48.9 Å². The molecule has 0 unspecified atom stereocenters. The number of methoxy groups -OCH3 is 1. The Labute approximate surface area is 221 Å². The Balaban J connectivity index is 1.54. The molecule has 196 valence electrons. The summed E-state index contributed by atoms with van der Waals surface area (Å²) < 4.78 is 10.6. The van der Waals surface area contributed by atoms with Crippen LogP contribution in [0.25, 0.3) is 0 Å². The van der Waals surface area contributed by atoms with Gasteiger partial charge in [0.2, 0.25) is 0 Å². The lowest BCUT2D eigenvalue weighted by atomic mass is 9.94. The van der Waals surface area contributed by atoms with E-state index in [1.165, 1.54) is 4.90 Å². The first kappa shape index (κ1) is 26.5. The van der Waals surface area contributed by atoms with Crippen molar-refractivity contribution in [3.05, 3.63) is 76.0 Å². The summed E-state index contributed by atoms with van der Waals surface area (Å²) in [5.41, 5.74) is 2.25. The molecule has 3 amide bonds. The van der Waals surface area contributed by atoms with Gasteiger partial charge in [0.25, 0.3) is 5.91 Å². The third kappa shape index (κ3) is 5.89. The van der Waals surface area contributed by atoms with Crippen LogP contribution in [0.1, 0.15) is 28.9 Å². The molecule has 1 saturated heterocycles. The lowest BCUT2D eigenvalue weighted by Crippen LogP contribution is -2.53. The number of nitrogens with one attached hydrogen (secondary N) is 1. The number of carbonyl (C=O) groups excluding carboxylic acids is 3. The van der Waals surface area contributed by atoms with Crippen molar-refractivity contribution in [2.75, 3.05) is 53.5 Å². The molecule has 2 aliphatic rings. The van der Waals surface area contributed by atoms with Gasteiger partial charge in [-0.25, -0.2) is 9.59 Å². The smallest absolute Gasteiger partial charge is 0.338 e. The SMILES string of the molecule is CCOC(=O)C1=C(CN2CCN(C(=O)c3ccc(OC)cc3)CC2)N(C)C(=O)N[C@@H]1c1cccc(Cl)c1. The van der Waals surface area contributed by atoms with Gasteiger partial charge in [0.1, 0.15) is 5.75 Å². The Bertz CT molecular complexity index is 1190. The highest BCUT2D eigenvalue weighted by atomic mass is 35.5. The van der Waals surface area contributed by atoms with Crippen molar-refractivity contribution in [3.63, 3.8) is 0 Å².